The van der Waals surface area contributed by atoms with Gasteiger partial charge < -0.3 is 5.73 Å². The van der Waals surface area contributed by atoms with Crippen LogP contribution in [0.4, 0.5) is 4.48 Å². The lowest BCUT2D eigenvalue weighted by molar-refractivity contribution is 0.536. The summed E-state index contributed by atoms with van der Waals surface area (Å²) in [6.45, 7) is 1.91. The molecule has 11 heavy (non-hydrogen) atoms. The first-order valence-corrected chi connectivity index (χ1v) is 3.25. The Balaban J connectivity index is 3.06. The topological polar surface area (TPSA) is 38.4 Å². The summed E-state index contributed by atoms with van der Waals surface area (Å²) < 4.78 is 11.7. The molecule has 0 aliphatic carbocycles. The Morgan fingerprint density at radius 2 is 2.27 bits per heavy atom. The van der Waals surface area contributed by atoms with Crippen molar-refractivity contribution in [2.24, 2.45) is 10.9 Å². The van der Waals surface area contributed by atoms with Crippen molar-refractivity contribution in [1.29, 1.82) is 0 Å². The van der Waals surface area contributed by atoms with E-state index >= 15 is 0 Å². The van der Waals surface area contributed by atoms with E-state index in [0.29, 0.717) is 5.56 Å². The molecule has 0 saturated heterocycles. The summed E-state index contributed by atoms with van der Waals surface area (Å²) in [5.41, 5.74) is 6.89. The summed E-state index contributed by atoms with van der Waals surface area (Å²) in [6, 6.07) is 7.21. The maximum atomic E-state index is 11.7. The number of amidine groups is 1. The maximum absolute atomic E-state index is 11.7. The molecule has 0 saturated carbocycles. The Hall–Kier alpha value is -1.38. The number of nitrogens with zero attached hydrogens (tertiary/aromatic N) is 1. The molecule has 0 heterocycles. The fourth-order valence-corrected chi connectivity index (χ4v) is 0.853. The summed E-state index contributed by atoms with van der Waals surface area (Å²) >= 11 is 0. The van der Waals surface area contributed by atoms with Gasteiger partial charge in [0.1, 0.15) is 0 Å². The number of aryl methyl sites for hydroxylation is 1. The second-order valence-corrected chi connectivity index (χ2v) is 2.34. The van der Waals surface area contributed by atoms with Crippen molar-refractivity contribution in [3.8, 4) is 0 Å². The van der Waals surface area contributed by atoms with Crippen molar-refractivity contribution in [3.63, 3.8) is 0 Å². The molecule has 0 amide bonds. The van der Waals surface area contributed by atoms with Gasteiger partial charge in [-0.3, -0.25) is 0 Å². The average Bonchev–Trinajstić information content (AvgIpc) is 2.03. The lowest BCUT2D eigenvalue weighted by atomic mass is 10.1. The molecular weight excluding hydrogens is 143 g/mol. The molecule has 0 aromatic heterocycles. The van der Waals surface area contributed by atoms with Crippen molar-refractivity contribution >= 4 is 5.84 Å². The zero-order valence-electron chi connectivity index (χ0n) is 6.21. The minimum Gasteiger partial charge on any atom is -0.381 e. The Kier molecular flexibility index (Phi) is 2.21. The standard InChI is InChI=1S/C8H9FN2/c1-6-3-2-4-7(5-6)8(10)11-9/h2-5H,1H3,(H2,10,11). The summed E-state index contributed by atoms with van der Waals surface area (Å²) in [7, 11) is 0. The van der Waals surface area contributed by atoms with Gasteiger partial charge in [-0.2, -0.15) is 0 Å². The Morgan fingerprint density at radius 3 is 2.82 bits per heavy atom. The number of nitrogens with two attached hydrogens (primary N) is 1. The van der Waals surface area contributed by atoms with Crippen molar-refractivity contribution in [1.82, 2.24) is 0 Å². The third-order valence-corrected chi connectivity index (χ3v) is 1.40. The summed E-state index contributed by atoms with van der Waals surface area (Å²) in [5, 5.41) is 2.39. The van der Waals surface area contributed by atoms with Crippen LogP contribution >= 0.6 is 0 Å². The van der Waals surface area contributed by atoms with Gasteiger partial charge in [-0.25, -0.2) is 0 Å². The van der Waals surface area contributed by atoms with Gasteiger partial charge >= 0.3 is 0 Å². The molecule has 1 aromatic carbocycles. The normalized spacial score (nSPS) is 11.6. The first-order valence-electron chi connectivity index (χ1n) is 3.25. The van der Waals surface area contributed by atoms with Crippen LogP contribution in [0.1, 0.15) is 11.1 Å². The van der Waals surface area contributed by atoms with Crippen LogP contribution in [-0.2, 0) is 0 Å². The lowest BCUT2D eigenvalue weighted by Gasteiger charge is -1.97. The Bertz CT molecular complexity index is 281. The van der Waals surface area contributed by atoms with E-state index in [1.165, 1.54) is 0 Å². The van der Waals surface area contributed by atoms with Crippen molar-refractivity contribution in [3.05, 3.63) is 35.4 Å². The van der Waals surface area contributed by atoms with Crippen LogP contribution < -0.4 is 5.73 Å². The van der Waals surface area contributed by atoms with Crippen LogP contribution in [0.3, 0.4) is 0 Å². The second kappa shape index (κ2) is 3.14. The Labute approximate surface area is 64.5 Å². The van der Waals surface area contributed by atoms with Crippen molar-refractivity contribution in [2.75, 3.05) is 0 Å². The number of halogens is 1. The monoisotopic (exact) mass is 152 g/mol. The van der Waals surface area contributed by atoms with Gasteiger partial charge in [-0.05, 0) is 13.0 Å². The van der Waals surface area contributed by atoms with Crippen LogP contribution in [0.2, 0.25) is 0 Å². The van der Waals surface area contributed by atoms with Gasteiger partial charge in [0.15, 0.2) is 5.84 Å². The summed E-state index contributed by atoms with van der Waals surface area (Å²) in [4.78, 5) is 0. The first-order chi connectivity index (χ1) is 5.24. The van der Waals surface area contributed by atoms with Crippen LogP contribution in [0, 0.1) is 6.92 Å². The molecule has 0 atom stereocenters. The predicted molar refractivity (Wildman–Crippen MR) is 43.0 cm³/mol. The first kappa shape index (κ1) is 7.72. The third kappa shape index (κ3) is 1.77. The van der Waals surface area contributed by atoms with E-state index in [9.17, 15) is 4.48 Å². The van der Waals surface area contributed by atoms with E-state index in [4.69, 9.17) is 5.73 Å². The SMILES string of the molecule is Cc1cccc(C(N)=NF)c1. The van der Waals surface area contributed by atoms with Crippen LogP contribution in [0.15, 0.2) is 29.5 Å². The van der Waals surface area contributed by atoms with E-state index < -0.39 is 0 Å². The molecule has 0 unspecified atom stereocenters. The van der Waals surface area contributed by atoms with Gasteiger partial charge in [0.05, 0.1) is 0 Å². The smallest absolute Gasteiger partial charge is 0.163 e. The van der Waals surface area contributed by atoms with Crippen molar-refractivity contribution in [2.45, 2.75) is 6.92 Å². The zero-order valence-corrected chi connectivity index (χ0v) is 6.21. The molecule has 3 heteroatoms. The third-order valence-electron chi connectivity index (χ3n) is 1.40. The quantitative estimate of drug-likeness (QED) is 0.481. The van der Waals surface area contributed by atoms with E-state index in [2.05, 4.69) is 5.21 Å². The van der Waals surface area contributed by atoms with Crippen LogP contribution in [0.25, 0.3) is 0 Å². The fourth-order valence-electron chi connectivity index (χ4n) is 0.853. The van der Waals surface area contributed by atoms with Crippen LogP contribution in [-0.4, -0.2) is 5.84 Å². The molecule has 0 aliphatic heterocycles. The fraction of sp³-hybridized carbons (Fsp3) is 0.125. The second-order valence-electron chi connectivity index (χ2n) is 2.34. The molecule has 1 aromatic rings. The molecule has 0 bridgehead atoms. The summed E-state index contributed by atoms with van der Waals surface area (Å²) in [5.74, 6) is -0.0753. The summed E-state index contributed by atoms with van der Waals surface area (Å²) in [6.07, 6.45) is 0. The van der Waals surface area contributed by atoms with Crippen LogP contribution in [0.5, 0.6) is 0 Å². The highest BCUT2D eigenvalue weighted by atomic mass is 19.2. The number of hydrogen-bond acceptors (Lipinski definition) is 1. The van der Waals surface area contributed by atoms with Gasteiger partial charge in [-0.1, -0.05) is 33.5 Å². The molecule has 1 rings (SSSR count). The number of hydrogen-bond donors (Lipinski definition) is 1. The predicted octanol–water partition coefficient (Wildman–Crippen LogP) is 1.58. The largest absolute Gasteiger partial charge is 0.381 e. The van der Waals surface area contributed by atoms with E-state index in [-0.39, 0.29) is 5.84 Å². The molecule has 0 radical (unpaired) electrons. The number of benzene rings is 1. The van der Waals surface area contributed by atoms with Crippen molar-refractivity contribution < 1.29 is 4.48 Å². The molecule has 0 aliphatic rings. The van der Waals surface area contributed by atoms with E-state index in [1.54, 1.807) is 12.1 Å². The van der Waals surface area contributed by atoms with Gasteiger partial charge in [0.25, 0.3) is 0 Å². The maximum Gasteiger partial charge on any atom is 0.163 e. The van der Waals surface area contributed by atoms with Gasteiger partial charge in [0, 0.05) is 5.56 Å². The zero-order chi connectivity index (χ0) is 8.27. The minimum absolute atomic E-state index is 0.0753. The van der Waals surface area contributed by atoms with Gasteiger partial charge in [0.2, 0.25) is 0 Å². The average molecular weight is 152 g/mol. The Morgan fingerprint density at radius 1 is 1.55 bits per heavy atom. The molecule has 0 fully saturated rings. The minimum atomic E-state index is -0.0753. The molecule has 58 valence electrons. The highest BCUT2D eigenvalue weighted by Crippen LogP contribution is 2.03. The van der Waals surface area contributed by atoms with E-state index in [1.807, 2.05) is 19.1 Å². The molecule has 2 N–H and O–H groups in total. The van der Waals surface area contributed by atoms with Gasteiger partial charge in [-0.15, -0.1) is 0 Å². The molecule has 0 spiro atoms. The molecular formula is C8H9FN2. The molecule has 2 nitrogen and oxygen atoms in total. The number of rotatable bonds is 1. The highest BCUT2D eigenvalue weighted by Gasteiger charge is 1.96. The van der Waals surface area contributed by atoms with E-state index in [0.717, 1.165) is 5.56 Å². The highest BCUT2D eigenvalue weighted by molar-refractivity contribution is 5.97. The lowest BCUT2D eigenvalue weighted by Crippen LogP contribution is -2.11.